The smallest absolute Gasteiger partial charge is 0.228 e. The molecule has 1 aliphatic rings. The summed E-state index contributed by atoms with van der Waals surface area (Å²) in [7, 11) is 0. The normalized spacial score (nSPS) is 16.4. The van der Waals surface area contributed by atoms with Crippen LogP contribution in [0.25, 0.3) is 11.4 Å². The van der Waals surface area contributed by atoms with Gasteiger partial charge in [0.05, 0.1) is 0 Å². The molecular formula is C19H25ClN4O2. The zero-order valence-electron chi connectivity index (χ0n) is 14.8. The van der Waals surface area contributed by atoms with Gasteiger partial charge >= 0.3 is 0 Å². The minimum atomic E-state index is -0.0213. The third-order valence-corrected chi connectivity index (χ3v) is 5.33. The SMILES string of the molecule is NCC1(CC(=O)NCCc2nc(-c3cccc(Cl)c3)no2)CCCCC1. The lowest BCUT2D eigenvalue weighted by molar-refractivity contribution is -0.123. The van der Waals surface area contributed by atoms with Gasteiger partial charge in [-0.2, -0.15) is 4.98 Å². The van der Waals surface area contributed by atoms with E-state index < -0.39 is 0 Å². The second-order valence-corrected chi connectivity index (χ2v) is 7.50. The molecular weight excluding hydrogens is 352 g/mol. The van der Waals surface area contributed by atoms with Crippen molar-refractivity contribution in [2.45, 2.75) is 44.9 Å². The summed E-state index contributed by atoms with van der Waals surface area (Å²) in [4.78, 5) is 16.6. The fraction of sp³-hybridized carbons (Fsp3) is 0.526. The van der Waals surface area contributed by atoms with Crippen LogP contribution >= 0.6 is 11.6 Å². The molecule has 1 amide bonds. The van der Waals surface area contributed by atoms with Crippen LogP contribution in [-0.2, 0) is 11.2 Å². The van der Waals surface area contributed by atoms with Crippen molar-refractivity contribution < 1.29 is 9.32 Å². The molecule has 26 heavy (non-hydrogen) atoms. The number of nitrogens with zero attached hydrogens (tertiary/aromatic N) is 2. The summed E-state index contributed by atoms with van der Waals surface area (Å²) in [5, 5.41) is 7.54. The molecule has 1 aromatic carbocycles. The average Bonchev–Trinajstić information content (AvgIpc) is 3.11. The van der Waals surface area contributed by atoms with Gasteiger partial charge in [-0.3, -0.25) is 4.79 Å². The van der Waals surface area contributed by atoms with Gasteiger partial charge in [0.1, 0.15) is 0 Å². The van der Waals surface area contributed by atoms with E-state index in [1.807, 2.05) is 12.1 Å². The Kier molecular flexibility index (Phi) is 6.27. The topological polar surface area (TPSA) is 94.0 Å². The maximum atomic E-state index is 12.3. The highest BCUT2D eigenvalue weighted by Gasteiger charge is 2.32. The molecule has 6 nitrogen and oxygen atoms in total. The standard InChI is InChI=1S/C19H25ClN4O2/c20-15-6-4-5-14(11-15)18-23-17(26-24-18)7-10-22-16(25)12-19(13-21)8-2-1-3-9-19/h4-6,11H,1-3,7-10,12-13,21H2,(H,22,25). The average molecular weight is 377 g/mol. The number of nitrogens with one attached hydrogen (secondary N) is 1. The molecule has 1 aromatic heterocycles. The highest BCUT2D eigenvalue weighted by atomic mass is 35.5. The van der Waals surface area contributed by atoms with Crippen molar-refractivity contribution in [1.29, 1.82) is 0 Å². The van der Waals surface area contributed by atoms with Crippen LogP contribution in [0, 0.1) is 5.41 Å². The van der Waals surface area contributed by atoms with Gasteiger partial charge < -0.3 is 15.6 Å². The van der Waals surface area contributed by atoms with Crippen LogP contribution in [0.1, 0.15) is 44.4 Å². The Morgan fingerprint density at radius 3 is 2.85 bits per heavy atom. The van der Waals surface area contributed by atoms with Crippen LogP contribution in [0.4, 0.5) is 0 Å². The van der Waals surface area contributed by atoms with E-state index in [-0.39, 0.29) is 11.3 Å². The summed E-state index contributed by atoms with van der Waals surface area (Å²) >= 11 is 5.98. The molecule has 0 bridgehead atoms. The van der Waals surface area contributed by atoms with Crippen LogP contribution in [0.2, 0.25) is 5.02 Å². The van der Waals surface area contributed by atoms with Crippen molar-refractivity contribution in [3.63, 3.8) is 0 Å². The Balaban J connectivity index is 1.48. The number of aromatic nitrogens is 2. The van der Waals surface area contributed by atoms with Crippen LogP contribution < -0.4 is 11.1 Å². The Morgan fingerprint density at radius 1 is 1.31 bits per heavy atom. The summed E-state index contributed by atoms with van der Waals surface area (Å²) in [5.41, 5.74) is 6.74. The molecule has 7 heteroatoms. The van der Waals surface area contributed by atoms with Crippen LogP contribution in [-0.4, -0.2) is 29.1 Å². The highest BCUT2D eigenvalue weighted by molar-refractivity contribution is 6.30. The Morgan fingerprint density at radius 2 is 2.12 bits per heavy atom. The second kappa shape index (κ2) is 8.64. The number of hydrogen-bond acceptors (Lipinski definition) is 5. The number of nitrogens with two attached hydrogens (primary N) is 1. The van der Waals surface area contributed by atoms with Gasteiger partial charge in [-0.15, -0.1) is 0 Å². The van der Waals surface area contributed by atoms with E-state index in [4.69, 9.17) is 21.9 Å². The highest BCUT2D eigenvalue weighted by Crippen LogP contribution is 2.38. The number of amides is 1. The van der Waals surface area contributed by atoms with Crippen molar-refractivity contribution in [3.8, 4) is 11.4 Å². The van der Waals surface area contributed by atoms with Crippen molar-refractivity contribution >= 4 is 17.5 Å². The Bertz CT molecular complexity index is 741. The third kappa shape index (κ3) is 4.83. The van der Waals surface area contributed by atoms with Crippen LogP contribution in [0.5, 0.6) is 0 Å². The molecule has 0 atom stereocenters. The maximum Gasteiger partial charge on any atom is 0.228 e. The Labute approximate surface area is 158 Å². The third-order valence-electron chi connectivity index (χ3n) is 5.09. The zero-order valence-corrected chi connectivity index (χ0v) is 15.6. The summed E-state index contributed by atoms with van der Waals surface area (Å²) < 4.78 is 5.26. The first-order valence-corrected chi connectivity index (χ1v) is 9.53. The molecule has 0 spiro atoms. The molecule has 0 saturated heterocycles. The largest absolute Gasteiger partial charge is 0.356 e. The summed E-state index contributed by atoms with van der Waals surface area (Å²) in [6.45, 7) is 1.05. The minimum absolute atomic E-state index is 0.0213. The van der Waals surface area contributed by atoms with E-state index in [1.165, 1.54) is 19.3 Å². The summed E-state index contributed by atoms with van der Waals surface area (Å²) in [6, 6.07) is 7.29. The lowest BCUT2D eigenvalue weighted by Crippen LogP contribution is -2.39. The van der Waals surface area contributed by atoms with Crippen molar-refractivity contribution in [1.82, 2.24) is 15.5 Å². The molecule has 0 radical (unpaired) electrons. The molecule has 2 aromatic rings. The molecule has 1 fully saturated rings. The molecule has 1 aliphatic carbocycles. The summed E-state index contributed by atoms with van der Waals surface area (Å²) in [5.74, 6) is 1.04. The maximum absolute atomic E-state index is 12.3. The fourth-order valence-corrected chi connectivity index (χ4v) is 3.76. The monoisotopic (exact) mass is 376 g/mol. The first kappa shape index (κ1) is 18.9. The molecule has 1 saturated carbocycles. The Hall–Kier alpha value is -1.92. The van der Waals surface area contributed by atoms with Gasteiger partial charge in [-0.05, 0) is 36.9 Å². The van der Waals surface area contributed by atoms with Gasteiger partial charge in [0.15, 0.2) is 0 Å². The minimum Gasteiger partial charge on any atom is -0.356 e. The van der Waals surface area contributed by atoms with Crippen molar-refractivity contribution in [2.75, 3.05) is 13.1 Å². The number of rotatable bonds is 7. The van der Waals surface area contributed by atoms with E-state index in [0.29, 0.717) is 42.7 Å². The van der Waals surface area contributed by atoms with Crippen molar-refractivity contribution in [3.05, 3.63) is 35.2 Å². The lowest BCUT2D eigenvalue weighted by atomic mass is 9.71. The van der Waals surface area contributed by atoms with Gasteiger partial charge in [0, 0.05) is 30.0 Å². The van der Waals surface area contributed by atoms with Crippen molar-refractivity contribution in [2.24, 2.45) is 11.1 Å². The van der Waals surface area contributed by atoms with E-state index in [2.05, 4.69) is 15.5 Å². The molecule has 1 heterocycles. The van der Waals surface area contributed by atoms with E-state index in [1.54, 1.807) is 12.1 Å². The second-order valence-electron chi connectivity index (χ2n) is 7.06. The molecule has 3 N–H and O–H groups in total. The van der Waals surface area contributed by atoms with Gasteiger partial charge in [0.25, 0.3) is 0 Å². The molecule has 0 aliphatic heterocycles. The lowest BCUT2D eigenvalue weighted by Gasteiger charge is -2.35. The predicted octanol–water partition coefficient (Wildman–Crippen LogP) is 3.35. The quantitative estimate of drug-likeness (QED) is 0.772. The first-order chi connectivity index (χ1) is 12.6. The predicted molar refractivity (Wildman–Crippen MR) is 101 cm³/mol. The molecule has 0 unspecified atom stereocenters. The number of carbonyl (C=O) groups is 1. The van der Waals surface area contributed by atoms with E-state index >= 15 is 0 Å². The van der Waals surface area contributed by atoms with Crippen LogP contribution in [0.15, 0.2) is 28.8 Å². The number of hydrogen-bond donors (Lipinski definition) is 2. The zero-order chi connectivity index (χ0) is 18.4. The summed E-state index contributed by atoms with van der Waals surface area (Å²) in [6.07, 6.45) is 6.66. The number of halogens is 1. The van der Waals surface area contributed by atoms with E-state index in [9.17, 15) is 4.79 Å². The molecule has 3 rings (SSSR count). The fourth-order valence-electron chi connectivity index (χ4n) is 3.57. The van der Waals surface area contributed by atoms with E-state index in [0.717, 1.165) is 18.4 Å². The molecule has 140 valence electrons. The van der Waals surface area contributed by atoms with Crippen LogP contribution in [0.3, 0.4) is 0 Å². The first-order valence-electron chi connectivity index (χ1n) is 9.16. The van der Waals surface area contributed by atoms with Gasteiger partial charge in [0.2, 0.25) is 17.6 Å². The number of carbonyl (C=O) groups excluding carboxylic acids is 1. The van der Waals surface area contributed by atoms with Gasteiger partial charge in [-0.1, -0.05) is 48.2 Å². The number of benzene rings is 1. The van der Waals surface area contributed by atoms with Gasteiger partial charge in [-0.25, -0.2) is 0 Å².